The van der Waals surface area contributed by atoms with Gasteiger partial charge in [0.15, 0.2) is 0 Å². The van der Waals surface area contributed by atoms with Gasteiger partial charge >= 0.3 is 0 Å². The summed E-state index contributed by atoms with van der Waals surface area (Å²) in [4.78, 5) is 89.1. The Morgan fingerprint density at radius 2 is 1.21 bits per heavy atom. The number of hydrogen-bond donors (Lipinski definition) is 2. The summed E-state index contributed by atoms with van der Waals surface area (Å²) in [7, 11) is 1.60. The van der Waals surface area contributed by atoms with Gasteiger partial charge in [-0.1, -0.05) is 36.4 Å². The highest BCUT2D eigenvalue weighted by Gasteiger charge is 2.25. The molecule has 0 aliphatic heterocycles. The number of nitrogens with zero attached hydrogens (tertiary/aromatic N) is 5. The molecule has 0 spiro atoms. The van der Waals surface area contributed by atoms with Crippen LogP contribution < -0.4 is 10.6 Å². The Balaban J connectivity index is 1.37. The average Bonchev–Trinajstić information content (AvgIpc) is 3.12. The van der Waals surface area contributed by atoms with Crippen LogP contribution in [0.25, 0.3) is 21.5 Å². The fourth-order valence-corrected chi connectivity index (χ4v) is 6.03. The van der Waals surface area contributed by atoms with Crippen molar-refractivity contribution in [3.05, 3.63) is 103 Å². The zero-order valence-corrected chi connectivity index (χ0v) is 29.0. The quantitative estimate of drug-likeness (QED) is 0.0662. The van der Waals surface area contributed by atoms with Gasteiger partial charge in [-0.2, -0.15) is 0 Å². The number of hydrogen-bond acceptors (Lipinski definition) is 11. The minimum atomic E-state index is -0.733. The molecule has 0 aliphatic rings. The van der Waals surface area contributed by atoms with E-state index in [9.17, 15) is 44.2 Å². The second-order valence-electron chi connectivity index (χ2n) is 12.1. The number of non-ortho nitro benzene ring substituents is 2. The SMILES string of the molecule is CNCC(=O)N(CCCNCCN(C=O)C(=O)c1cc([N+](=O)[O-])cc2cccc(C)c12)CCN(C=O)C(=O)c1cc([N+](=O)[O-])cc2cccc(C)c12. The summed E-state index contributed by atoms with van der Waals surface area (Å²) in [6, 6.07) is 15.4. The van der Waals surface area contributed by atoms with Crippen LogP contribution in [0.5, 0.6) is 0 Å². The van der Waals surface area contributed by atoms with Crippen molar-refractivity contribution in [1.82, 2.24) is 25.3 Å². The maximum absolute atomic E-state index is 13.6. The number of nitrogens with one attached hydrogen (secondary N) is 2. The molecule has 4 aromatic carbocycles. The maximum Gasteiger partial charge on any atom is 0.270 e. The van der Waals surface area contributed by atoms with Crippen LogP contribution in [0, 0.1) is 34.1 Å². The smallest absolute Gasteiger partial charge is 0.270 e. The van der Waals surface area contributed by atoms with Gasteiger partial charge in [0, 0.05) is 57.0 Å². The first-order valence-corrected chi connectivity index (χ1v) is 16.4. The van der Waals surface area contributed by atoms with Crippen LogP contribution in [0.1, 0.15) is 38.3 Å². The molecule has 0 atom stereocenters. The average molecular weight is 714 g/mol. The largest absolute Gasteiger partial charge is 0.340 e. The summed E-state index contributed by atoms with van der Waals surface area (Å²) >= 11 is 0. The first kappa shape index (κ1) is 38.7. The number of nitro benzene ring substituents is 2. The monoisotopic (exact) mass is 713 g/mol. The standard InChI is InChI=1S/C36H39N7O9/c1-24-7-4-9-26-17-28(42(49)50)19-30(33(24)26)35(47)40(22-44)14-12-38-11-6-13-39(32(46)21-37-3)15-16-41(23-45)36(48)31-20-29(43(51)52)18-27-10-5-8-25(2)34(27)31/h4-5,7-10,17-20,22-23,37-38H,6,11-16,21H2,1-3H3. The lowest BCUT2D eigenvalue weighted by molar-refractivity contribution is -0.384. The van der Waals surface area contributed by atoms with Crippen molar-refractivity contribution < 1.29 is 33.8 Å². The van der Waals surface area contributed by atoms with Crippen molar-refractivity contribution in [3.8, 4) is 0 Å². The third kappa shape index (κ3) is 8.96. The van der Waals surface area contributed by atoms with Gasteiger partial charge in [0.2, 0.25) is 18.7 Å². The highest BCUT2D eigenvalue weighted by molar-refractivity contribution is 6.12. The van der Waals surface area contributed by atoms with Gasteiger partial charge in [0.1, 0.15) is 0 Å². The molecule has 2 N–H and O–H groups in total. The van der Waals surface area contributed by atoms with Crippen LogP contribution in [0.2, 0.25) is 0 Å². The molecule has 0 fully saturated rings. The van der Waals surface area contributed by atoms with E-state index in [0.717, 1.165) is 21.4 Å². The molecular formula is C36H39N7O9. The van der Waals surface area contributed by atoms with Crippen molar-refractivity contribution in [1.29, 1.82) is 0 Å². The molecule has 4 rings (SSSR count). The lowest BCUT2D eigenvalue weighted by Gasteiger charge is -2.26. The van der Waals surface area contributed by atoms with Gasteiger partial charge in [-0.25, -0.2) is 0 Å². The van der Waals surface area contributed by atoms with Crippen LogP contribution in [0.15, 0.2) is 60.7 Å². The summed E-state index contributed by atoms with van der Waals surface area (Å²) < 4.78 is 0. The highest BCUT2D eigenvalue weighted by atomic mass is 16.6. The number of fused-ring (bicyclic) bond motifs is 2. The van der Waals surface area contributed by atoms with Crippen LogP contribution in [0.4, 0.5) is 11.4 Å². The third-order valence-electron chi connectivity index (χ3n) is 8.60. The Hall–Kier alpha value is -6.13. The second kappa shape index (κ2) is 17.7. The summed E-state index contributed by atoms with van der Waals surface area (Å²) in [6.07, 6.45) is 1.15. The van der Waals surface area contributed by atoms with Gasteiger partial charge in [-0.15, -0.1) is 0 Å². The van der Waals surface area contributed by atoms with Crippen LogP contribution in [0.3, 0.4) is 0 Å². The van der Waals surface area contributed by atoms with Crippen LogP contribution >= 0.6 is 0 Å². The minimum absolute atomic E-state index is 0.000608. The second-order valence-corrected chi connectivity index (χ2v) is 12.1. The maximum atomic E-state index is 13.6. The number of rotatable bonds is 18. The van der Waals surface area contributed by atoms with Gasteiger partial charge in [-0.3, -0.25) is 54.0 Å². The number of likely N-dealkylation sites (N-methyl/N-ethyl adjacent to an activating group) is 1. The van der Waals surface area contributed by atoms with Crippen LogP contribution in [-0.4, -0.2) is 108 Å². The lowest BCUT2D eigenvalue weighted by Crippen LogP contribution is -2.44. The Morgan fingerprint density at radius 3 is 1.67 bits per heavy atom. The number of benzene rings is 4. The number of aryl methyl sites for hydroxylation is 2. The summed E-state index contributed by atoms with van der Waals surface area (Å²) in [6.45, 7) is 4.16. The van der Waals surface area contributed by atoms with Crippen molar-refractivity contribution in [2.45, 2.75) is 20.3 Å². The number of carbonyl (C=O) groups excluding carboxylic acids is 5. The van der Waals surface area contributed by atoms with E-state index in [-0.39, 0.29) is 67.7 Å². The van der Waals surface area contributed by atoms with E-state index in [1.165, 1.54) is 23.1 Å². The van der Waals surface area contributed by atoms with E-state index in [1.54, 1.807) is 57.3 Å². The summed E-state index contributed by atoms with van der Waals surface area (Å²) in [5.74, 6) is -1.69. The van der Waals surface area contributed by atoms with E-state index < -0.39 is 21.7 Å². The highest BCUT2D eigenvalue weighted by Crippen LogP contribution is 2.30. The van der Waals surface area contributed by atoms with Crippen molar-refractivity contribution in [3.63, 3.8) is 0 Å². The molecule has 0 unspecified atom stereocenters. The molecule has 0 radical (unpaired) electrons. The normalized spacial score (nSPS) is 10.9. The Morgan fingerprint density at radius 1 is 0.712 bits per heavy atom. The Bertz CT molecular complexity index is 2030. The number of imide groups is 2. The fraction of sp³-hybridized carbons (Fsp3) is 0.306. The fourth-order valence-electron chi connectivity index (χ4n) is 6.03. The lowest BCUT2D eigenvalue weighted by atomic mass is 9.98. The molecule has 0 saturated carbocycles. The summed E-state index contributed by atoms with van der Waals surface area (Å²) in [5.41, 5.74) is 0.918. The molecule has 4 aromatic rings. The van der Waals surface area contributed by atoms with Crippen LogP contribution in [-0.2, 0) is 14.4 Å². The summed E-state index contributed by atoms with van der Waals surface area (Å²) in [5, 5.41) is 31.0. The van der Waals surface area contributed by atoms with Crippen molar-refractivity contribution >= 4 is 63.5 Å². The third-order valence-corrected chi connectivity index (χ3v) is 8.60. The molecule has 16 heteroatoms. The van der Waals surface area contributed by atoms with E-state index in [1.807, 2.05) is 0 Å². The molecule has 0 aliphatic carbocycles. The van der Waals surface area contributed by atoms with Gasteiger partial charge in [-0.05, 0) is 66.5 Å². The number of amides is 5. The van der Waals surface area contributed by atoms with Gasteiger partial charge in [0.05, 0.1) is 27.5 Å². The van der Waals surface area contributed by atoms with E-state index in [4.69, 9.17) is 0 Å². The van der Waals surface area contributed by atoms with Crippen molar-refractivity contribution in [2.24, 2.45) is 0 Å². The zero-order valence-electron chi connectivity index (χ0n) is 29.0. The predicted octanol–water partition coefficient (Wildman–Crippen LogP) is 3.35. The molecule has 0 heterocycles. The molecular weight excluding hydrogens is 674 g/mol. The molecule has 0 aromatic heterocycles. The zero-order chi connectivity index (χ0) is 37.9. The van der Waals surface area contributed by atoms with Gasteiger partial charge < -0.3 is 15.5 Å². The minimum Gasteiger partial charge on any atom is -0.340 e. The molecule has 272 valence electrons. The van der Waals surface area contributed by atoms with Gasteiger partial charge in [0.25, 0.3) is 23.2 Å². The number of carbonyl (C=O) groups is 5. The molecule has 52 heavy (non-hydrogen) atoms. The van der Waals surface area contributed by atoms with E-state index in [0.29, 0.717) is 52.9 Å². The number of nitro groups is 2. The molecule has 5 amide bonds. The molecule has 16 nitrogen and oxygen atoms in total. The van der Waals surface area contributed by atoms with Crippen molar-refractivity contribution in [2.75, 3.05) is 52.9 Å². The Kier molecular flexibility index (Phi) is 13.2. The predicted molar refractivity (Wildman–Crippen MR) is 193 cm³/mol. The first-order chi connectivity index (χ1) is 24.9. The van der Waals surface area contributed by atoms with E-state index in [2.05, 4.69) is 10.6 Å². The molecule has 0 bridgehead atoms. The van der Waals surface area contributed by atoms with E-state index >= 15 is 0 Å². The molecule has 0 saturated heterocycles. The Labute approximate surface area is 298 Å². The topological polar surface area (TPSA) is 205 Å². The first-order valence-electron chi connectivity index (χ1n) is 16.4.